The van der Waals surface area contributed by atoms with Gasteiger partial charge in [0, 0.05) is 25.2 Å². The van der Waals surface area contributed by atoms with E-state index in [0.29, 0.717) is 17.5 Å². The van der Waals surface area contributed by atoms with Gasteiger partial charge in [-0.25, -0.2) is 0 Å². The van der Waals surface area contributed by atoms with E-state index in [1.165, 1.54) is 25.7 Å². The third-order valence-electron chi connectivity index (χ3n) is 6.04. The van der Waals surface area contributed by atoms with E-state index in [4.69, 9.17) is 4.74 Å². The van der Waals surface area contributed by atoms with Crippen LogP contribution in [0.5, 0.6) is 5.75 Å². The highest BCUT2D eigenvalue weighted by Crippen LogP contribution is 2.37. The number of hydrogen-bond acceptors (Lipinski definition) is 3. The van der Waals surface area contributed by atoms with Crippen molar-refractivity contribution in [2.75, 3.05) is 13.7 Å². The molecule has 0 N–H and O–H groups in total. The fraction of sp³-hybridized carbons (Fsp3) is 0.524. The highest BCUT2D eigenvalue weighted by molar-refractivity contribution is 6.00. The molecule has 2 unspecified atom stereocenters. The summed E-state index contributed by atoms with van der Waals surface area (Å²) < 4.78 is 7.05. The van der Waals surface area contributed by atoms with E-state index in [1.54, 1.807) is 18.0 Å². The molecule has 0 bridgehead atoms. The summed E-state index contributed by atoms with van der Waals surface area (Å²) in [5, 5.41) is 4.39. The molecular weight excluding hydrogens is 326 g/mol. The van der Waals surface area contributed by atoms with Crippen LogP contribution in [0.4, 0.5) is 0 Å². The lowest BCUT2D eigenvalue weighted by molar-refractivity contribution is 0.0391. The summed E-state index contributed by atoms with van der Waals surface area (Å²) in [6, 6.07) is 8.25. The van der Waals surface area contributed by atoms with Crippen LogP contribution < -0.4 is 4.74 Å². The van der Waals surface area contributed by atoms with Crippen molar-refractivity contribution < 1.29 is 9.53 Å². The third-order valence-corrected chi connectivity index (χ3v) is 6.04. The van der Waals surface area contributed by atoms with Crippen LogP contribution in [0.1, 0.15) is 48.9 Å². The number of piperidine rings is 1. The maximum Gasteiger partial charge on any atom is 0.257 e. The van der Waals surface area contributed by atoms with Crippen molar-refractivity contribution in [1.82, 2.24) is 14.7 Å². The number of aryl methyl sites for hydroxylation is 1. The number of benzene rings is 1. The maximum atomic E-state index is 13.4. The predicted octanol–water partition coefficient (Wildman–Crippen LogP) is 3.89. The second-order valence-corrected chi connectivity index (χ2v) is 7.51. The van der Waals surface area contributed by atoms with Gasteiger partial charge in [0.15, 0.2) is 0 Å². The second kappa shape index (κ2) is 7.14. The summed E-state index contributed by atoms with van der Waals surface area (Å²) in [6.07, 6.45) is 9.09. The molecule has 4 rings (SSSR count). The molecule has 26 heavy (non-hydrogen) atoms. The highest BCUT2D eigenvalue weighted by Gasteiger charge is 2.37. The number of carbonyl (C=O) groups is 1. The van der Waals surface area contributed by atoms with Gasteiger partial charge in [0.05, 0.1) is 24.6 Å². The third kappa shape index (κ3) is 3.00. The van der Waals surface area contributed by atoms with Crippen LogP contribution >= 0.6 is 0 Å². The normalized spacial score (nSPS) is 22.8. The lowest BCUT2D eigenvalue weighted by atomic mass is 9.78. The molecule has 2 heterocycles. The molecule has 5 heteroatoms. The van der Waals surface area contributed by atoms with Gasteiger partial charge in [-0.15, -0.1) is 0 Å². The number of ether oxygens (including phenoxy) is 1. The molecular formula is C21H27N3O2. The number of aromatic nitrogens is 2. The molecule has 1 aliphatic carbocycles. The zero-order valence-electron chi connectivity index (χ0n) is 15.6. The van der Waals surface area contributed by atoms with E-state index in [1.807, 2.05) is 31.3 Å². The lowest BCUT2D eigenvalue weighted by Crippen LogP contribution is -2.49. The number of amides is 1. The molecule has 5 nitrogen and oxygen atoms in total. The Morgan fingerprint density at radius 3 is 2.62 bits per heavy atom. The Labute approximate surface area is 154 Å². The van der Waals surface area contributed by atoms with Crippen LogP contribution in [0.2, 0.25) is 0 Å². The number of methoxy groups -OCH3 is 1. The summed E-state index contributed by atoms with van der Waals surface area (Å²) in [5.41, 5.74) is 2.59. The molecule has 1 aromatic heterocycles. The number of nitrogens with zero attached hydrogens (tertiary/aromatic N) is 3. The number of fused-ring (bicyclic) bond motifs is 1. The summed E-state index contributed by atoms with van der Waals surface area (Å²) in [6.45, 7) is 0.872. The topological polar surface area (TPSA) is 47.4 Å². The van der Waals surface area contributed by atoms with Crippen molar-refractivity contribution >= 4 is 5.91 Å². The van der Waals surface area contributed by atoms with Gasteiger partial charge in [-0.3, -0.25) is 9.48 Å². The smallest absolute Gasteiger partial charge is 0.257 e. The van der Waals surface area contributed by atoms with Gasteiger partial charge in [-0.05, 0) is 55.9 Å². The van der Waals surface area contributed by atoms with Gasteiger partial charge in [0.2, 0.25) is 0 Å². The van der Waals surface area contributed by atoms with Crippen molar-refractivity contribution in [2.45, 2.75) is 44.6 Å². The predicted molar refractivity (Wildman–Crippen MR) is 101 cm³/mol. The number of likely N-dealkylation sites (tertiary alicyclic amines) is 1. The number of carbonyl (C=O) groups excluding carboxylic acids is 1. The average Bonchev–Trinajstić information content (AvgIpc) is 3.08. The molecule has 2 aromatic rings. The van der Waals surface area contributed by atoms with Gasteiger partial charge >= 0.3 is 0 Å². The van der Waals surface area contributed by atoms with Crippen molar-refractivity contribution in [1.29, 1.82) is 0 Å². The van der Waals surface area contributed by atoms with E-state index in [-0.39, 0.29) is 5.91 Å². The van der Waals surface area contributed by atoms with Crippen molar-refractivity contribution in [3.05, 3.63) is 36.0 Å². The SMILES string of the molecule is COc1ccc(-c2c(C(=O)N3CCCC4CCCCC43)cnn2C)cc1. The first-order valence-electron chi connectivity index (χ1n) is 9.66. The monoisotopic (exact) mass is 353 g/mol. The Morgan fingerprint density at radius 1 is 1.12 bits per heavy atom. The molecule has 1 amide bonds. The first kappa shape index (κ1) is 17.1. The Morgan fingerprint density at radius 2 is 1.85 bits per heavy atom. The molecule has 1 aliphatic heterocycles. The number of hydrogen-bond donors (Lipinski definition) is 0. The Balaban J connectivity index is 1.66. The molecule has 2 atom stereocenters. The van der Waals surface area contributed by atoms with Crippen molar-refractivity contribution in [3.63, 3.8) is 0 Å². The quantitative estimate of drug-likeness (QED) is 0.841. The van der Waals surface area contributed by atoms with Crippen LogP contribution in [0.15, 0.2) is 30.5 Å². The van der Waals surface area contributed by atoms with Crippen molar-refractivity contribution in [2.24, 2.45) is 13.0 Å². The lowest BCUT2D eigenvalue weighted by Gasteiger charge is -2.44. The van der Waals surface area contributed by atoms with Crippen LogP contribution in [-0.2, 0) is 7.05 Å². The van der Waals surface area contributed by atoms with Crippen LogP contribution in [-0.4, -0.2) is 40.3 Å². The minimum absolute atomic E-state index is 0.139. The first-order chi connectivity index (χ1) is 12.7. The summed E-state index contributed by atoms with van der Waals surface area (Å²) >= 11 is 0. The van der Waals surface area contributed by atoms with Crippen LogP contribution in [0, 0.1) is 5.92 Å². The van der Waals surface area contributed by atoms with Gasteiger partial charge in [0.25, 0.3) is 5.91 Å². The van der Waals surface area contributed by atoms with Gasteiger partial charge in [0.1, 0.15) is 5.75 Å². The van der Waals surface area contributed by atoms with Gasteiger partial charge in [-0.2, -0.15) is 5.10 Å². The average molecular weight is 353 g/mol. The van der Waals surface area contributed by atoms with E-state index < -0.39 is 0 Å². The Kier molecular flexibility index (Phi) is 4.70. The van der Waals surface area contributed by atoms with Crippen molar-refractivity contribution in [3.8, 4) is 17.0 Å². The summed E-state index contributed by atoms with van der Waals surface area (Å²) in [5.74, 6) is 1.63. The molecule has 1 saturated heterocycles. The van der Waals surface area contributed by atoms with E-state index in [2.05, 4.69) is 10.00 Å². The fourth-order valence-corrected chi connectivity index (χ4v) is 4.72. The minimum Gasteiger partial charge on any atom is -0.497 e. The van der Waals surface area contributed by atoms with Crippen LogP contribution in [0.25, 0.3) is 11.3 Å². The molecule has 2 aliphatic rings. The Hall–Kier alpha value is -2.30. The number of rotatable bonds is 3. The van der Waals surface area contributed by atoms with E-state index in [9.17, 15) is 4.79 Å². The molecule has 2 fully saturated rings. The highest BCUT2D eigenvalue weighted by atomic mass is 16.5. The van der Waals surface area contributed by atoms with Gasteiger partial charge in [-0.1, -0.05) is 12.8 Å². The maximum absolute atomic E-state index is 13.4. The first-order valence-corrected chi connectivity index (χ1v) is 9.66. The molecule has 138 valence electrons. The van der Waals surface area contributed by atoms with Gasteiger partial charge < -0.3 is 9.64 Å². The fourth-order valence-electron chi connectivity index (χ4n) is 4.72. The molecule has 0 radical (unpaired) electrons. The minimum atomic E-state index is 0.139. The second-order valence-electron chi connectivity index (χ2n) is 7.51. The summed E-state index contributed by atoms with van der Waals surface area (Å²) in [4.78, 5) is 15.6. The standard InChI is InChI=1S/C21H27N3O2/c1-23-20(16-9-11-17(26-2)12-10-16)18(14-22-23)21(25)24-13-5-7-15-6-3-4-8-19(15)24/h9-12,14-15,19H,3-8,13H2,1-2H3. The van der Waals surface area contributed by atoms with Crippen LogP contribution in [0.3, 0.4) is 0 Å². The molecule has 1 saturated carbocycles. The summed E-state index contributed by atoms with van der Waals surface area (Å²) in [7, 11) is 3.56. The largest absolute Gasteiger partial charge is 0.497 e. The zero-order chi connectivity index (χ0) is 18.1. The Bertz CT molecular complexity index is 779. The van der Waals surface area contributed by atoms with E-state index >= 15 is 0 Å². The molecule has 1 aromatic carbocycles. The van der Waals surface area contributed by atoms with E-state index in [0.717, 1.165) is 36.4 Å². The zero-order valence-corrected chi connectivity index (χ0v) is 15.6. The molecule has 0 spiro atoms.